The fourth-order valence-electron chi connectivity index (χ4n) is 3.06. The van der Waals surface area contributed by atoms with Gasteiger partial charge in [-0.2, -0.15) is 0 Å². The Bertz CT molecular complexity index is 326. The molecule has 1 heterocycles. The van der Waals surface area contributed by atoms with E-state index in [1.807, 2.05) is 0 Å². The first-order valence-corrected chi connectivity index (χ1v) is 5.83. The van der Waals surface area contributed by atoms with Crippen LogP contribution >= 0.6 is 0 Å². The molecule has 0 aromatic carbocycles. The molecular formula is C7H11NO3S. The molecule has 3 fully saturated rings. The Balaban J connectivity index is 2.11. The Morgan fingerprint density at radius 3 is 2.67 bits per heavy atom. The minimum absolute atomic E-state index is 0.168. The molecule has 2 saturated carbocycles. The molecule has 68 valence electrons. The highest BCUT2D eigenvalue weighted by molar-refractivity contribution is 7.90. The lowest BCUT2D eigenvalue weighted by molar-refractivity contribution is 0.0970. The van der Waals surface area contributed by atoms with E-state index in [0.717, 1.165) is 6.42 Å². The number of sulfonamides is 1. The van der Waals surface area contributed by atoms with Crippen LogP contribution in [-0.2, 0) is 10.0 Å². The van der Waals surface area contributed by atoms with Crippen LogP contribution in [0.25, 0.3) is 0 Å². The van der Waals surface area contributed by atoms with Crippen molar-refractivity contribution in [3.63, 3.8) is 0 Å². The lowest BCUT2D eigenvalue weighted by atomic mass is 9.93. The number of nitrogens with one attached hydrogen (secondary N) is 1. The third kappa shape index (κ3) is 0.639. The van der Waals surface area contributed by atoms with Crippen LogP contribution in [0.3, 0.4) is 0 Å². The van der Waals surface area contributed by atoms with Crippen molar-refractivity contribution in [1.29, 1.82) is 0 Å². The van der Waals surface area contributed by atoms with Crippen molar-refractivity contribution < 1.29 is 13.5 Å². The highest BCUT2D eigenvalue weighted by atomic mass is 32.2. The number of aliphatic hydroxyl groups is 1. The second-order valence-electron chi connectivity index (χ2n) is 4.11. The quantitative estimate of drug-likeness (QED) is 0.516. The zero-order valence-electron chi connectivity index (χ0n) is 6.47. The van der Waals surface area contributed by atoms with Gasteiger partial charge >= 0.3 is 0 Å². The van der Waals surface area contributed by atoms with Gasteiger partial charge in [-0.05, 0) is 24.7 Å². The smallest absolute Gasteiger partial charge is 0.215 e. The van der Waals surface area contributed by atoms with Gasteiger partial charge in [-0.3, -0.25) is 0 Å². The van der Waals surface area contributed by atoms with E-state index in [0.29, 0.717) is 6.42 Å². The number of hydrogen-bond acceptors (Lipinski definition) is 3. The zero-order chi connectivity index (χ0) is 8.51. The van der Waals surface area contributed by atoms with Gasteiger partial charge in [0.1, 0.15) is 0 Å². The molecule has 5 atom stereocenters. The van der Waals surface area contributed by atoms with Gasteiger partial charge in [0.05, 0.1) is 17.4 Å². The topological polar surface area (TPSA) is 66.4 Å². The normalized spacial score (nSPS) is 59.6. The summed E-state index contributed by atoms with van der Waals surface area (Å²) < 4.78 is 25.4. The largest absolute Gasteiger partial charge is 0.391 e. The summed E-state index contributed by atoms with van der Waals surface area (Å²) in [6, 6.07) is -0.168. The van der Waals surface area contributed by atoms with Crippen molar-refractivity contribution in [2.24, 2.45) is 11.8 Å². The molecule has 1 saturated heterocycles. The molecule has 3 rings (SSSR count). The molecule has 2 aliphatic carbocycles. The molecule has 1 aliphatic heterocycles. The maximum Gasteiger partial charge on any atom is 0.215 e. The molecule has 5 unspecified atom stereocenters. The fourth-order valence-corrected chi connectivity index (χ4v) is 5.17. The average Bonchev–Trinajstić information content (AvgIpc) is 2.54. The second kappa shape index (κ2) is 1.86. The molecule has 4 nitrogen and oxygen atoms in total. The molecule has 0 spiro atoms. The van der Waals surface area contributed by atoms with Gasteiger partial charge < -0.3 is 5.11 Å². The van der Waals surface area contributed by atoms with Gasteiger partial charge in [0, 0.05) is 0 Å². The van der Waals surface area contributed by atoms with Gasteiger partial charge in [0.25, 0.3) is 0 Å². The minimum atomic E-state index is -3.07. The Hall–Kier alpha value is -0.130. The summed E-state index contributed by atoms with van der Waals surface area (Å²) in [6.45, 7) is 0. The van der Waals surface area contributed by atoms with Crippen LogP contribution in [0, 0.1) is 11.8 Å². The van der Waals surface area contributed by atoms with Crippen LogP contribution in [0.1, 0.15) is 12.8 Å². The summed E-state index contributed by atoms with van der Waals surface area (Å²) in [4.78, 5) is 0. The van der Waals surface area contributed by atoms with Crippen LogP contribution in [0.15, 0.2) is 0 Å². The van der Waals surface area contributed by atoms with Gasteiger partial charge in [-0.25, -0.2) is 13.1 Å². The van der Waals surface area contributed by atoms with Crippen molar-refractivity contribution in [2.75, 3.05) is 0 Å². The highest BCUT2D eigenvalue weighted by Gasteiger charge is 2.62. The lowest BCUT2D eigenvalue weighted by Crippen LogP contribution is -2.38. The van der Waals surface area contributed by atoms with E-state index < -0.39 is 16.1 Å². The van der Waals surface area contributed by atoms with Gasteiger partial charge in [0.2, 0.25) is 10.0 Å². The maximum absolute atomic E-state index is 11.4. The maximum atomic E-state index is 11.4. The van der Waals surface area contributed by atoms with Crippen LogP contribution in [0.4, 0.5) is 0 Å². The third-order valence-electron chi connectivity index (χ3n) is 3.60. The summed E-state index contributed by atoms with van der Waals surface area (Å²) in [5, 5.41) is 9.41. The molecule has 0 amide bonds. The summed E-state index contributed by atoms with van der Waals surface area (Å²) in [5.74, 6) is 0.421. The number of hydrogen-bond donors (Lipinski definition) is 2. The van der Waals surface area contributed by atoms with E-state index in [-0.39, 0.29) is 23.1 Å². The summed E-state index contributed by atoms with van der Waals surface area (Å²) in [7, 11) is -3.07. The van der Waals surface area contributed by atoms with Crippen LogP contribution < -0.4 is 4.72 Å². The number of rotatable bonds is 0. The average molecular weight is 189 g/mol. The predicted octanol–water partition coefficient (Wildman–Crippen LogP) is -0.943. The Labute approximate surface area is 71.0 Å². The van der Waals surface area contributed by atoms with E-state index in [4.69, 9.17) is 0 Å². The van der Waals surface area contributed by atoms with Crippen molar-refractivity contribution in [3.05, 3.63) is 0 Å². The van der Waals surface area contributed by atoms with Crippen LogP contribution in [-0.4, -0.2) is 30.9 Å². The lowest BCUT2D eigenvalue weighted by Gasteiger charge is -2.20. The van der Waals surface area contributed by atoms with Crippen molar-refractivity contribution in [2.45, 2.75) is 30.2 Å². The minimum Gasteiger partial charge on any atom is -0.391 e. The SMILES string of the molecule is O=S1(=O)NC2C(O)C3CC2C1C3. The summed E-state index contributed by atoms with van der Waals surface area (Å²) >= 11 is 0. The predicted molar refractivity (Wildman–Crippen MR) is 41.9 cm³/mol. The standard InChI is InChI=1S/C7H11NO3S/c9-7-3-1-4-5(2-3)12(10,11)8-6(4)7/h3-9H,1-2H2. The molecule has 12 heavy (non-hydrogen) atoms. The monoisotopic (exact) mass is 189 g/mol. The Morgan fingerprint density at radius 2 is 2.08 bits per heavy atom. The van der Waals surface area contributed by atoms with Crippen molar-refractivity contribution in [3.8, 4) is 0 Å². The molecule has 2 bridgehead atoms. The Morgan fingerprint density at radius 1 is 1.33 bits per heavy atom. The van der Waals surface area contributed by atoms with E-state index in [2.05, 4.69) is 4.72 Å². The van der Waals surface area contributed by atoms with Crippen molar-refractivity contribution >= 4 is 10.0 Å². The molecule has 0 aromatic heterocycles. The van der Waals surface area contributed by atoms with E-state index in [9.17, 15) is 13.5 Å². The van der Waals surface area contributed by atoms with E-state index >= 15 is 0 Å². The first-order valence-electron chi connectivity index (χ1n) is 4.29. The van der Waals surface area contributed by atoms with Gasteiger partial charge in [-0.15, -0.1) is 0 Å². The number of fused-ring (bicyclic) bond motifs is 1. The zero-order valence-corrected chi connectivity index (χ0v) is 7.29. The number of aliphatic hydroxyl groups excluding tert-OH is 1. The van der Waals surface area contributed by atoms with E-state index in [1.54, 1.807) is 0 Å². The fraction of sp³-hybridized carbons (Fsp3) is 1.00. The first kappa shape index (κ1) is 7.29. The Kier molecular flexibility index (Phi) is 1.13. The second-order valence-corrected chi connectivity index (χ2v) is 6.04. The van der Waals surface area contributed by atoms with Crippen LogP contribution in [0.5, 0.6) is 0 Å². The molecule has 0 aromatic rings. The molecule has 0 radical (unpaired) electrons. The summed E-state index contributed by atoms with van der Waals surface area (Å²) in [5.41, 5.74) is 0. The van der Waals surface area contributed by atoms with Gasteiger partial charge in [-0.1, -0.05) is 0 Å². The molecule has 2 N–H and O–H groups in total. The third-order valence-corrected chi connectivity index (χ3v) is 5.54. The molecular weight excluding hydrogens is 178 g/mol. The molecule has 3 aliphatic rings. The van der Waals surface area contributed by atoms with Gasteiger partial charge in [0.15, 0.2) is 0 Å². The molecule has 5 heteroatoms. The highest BCUT2D eigenvalue weighted by Crippen LogP contribution is 2.51. The summed E-state index contributed by atoms with van der Waals surface area (Å²) in [6.07, 6.45) is 1.13. The first-order chi connectivity index (χ1) is 5.59. The van der Waals surface area contributed by atoms with Crippen LogP contribution in [0.2, 0.25) is 0 Å². The van der Waals surface area contributed by atoms with E-state index in [1.165, 1.54) is 0 Å². The van der Waals surface area contributed by atoms with Crippen molar-refractivity contribution in [1.82, 2.24) is 4.72 Å².